The van der Waals surface area contributed by atoms with Crippen LogP contribution in [0.4, 0.5) is 5.82 Å². The average molecular weight is 467 g/mol. The number of hydrogen-bond acceptors (Lipinski definition) is 6. The Morgan fingerprint density at radius 3 is 2.43 bits per heavy atom. The van der Waals surface area contributed by atoms with Gasteiger partial charge in [0.05, 0.1) is 24.9 Å². The molecule has 8 heteroatoms. The third-order valence-corrected chi connectivity index (χ3v) is 5.61. The Kier molecular flexibility index (Phi) is 7.50. The van der Waals surface area contributed by atoms with Crippen molar-refractivity contribution in [1.29, 1.82) is 5.26 Å². The van der Waals surface area contributed by atoms with Crippen molar-refractivity contribution in [2.24, 2.45) is 7.05 Å². The summed E-state index contributed by atoms with van der Waals surface area (Å²) < 4.78 is 6.98. The van der Waals surface area contributed by atoms with E-state index in [-0.39, 0.29) is 5.91 Å². The third kappa shape index (κ3) is 6.10. The number of rotatable bonds is 9. The van der Waals surface area contributed by atoms with Crippen molar-refractivity contribution in [3.63, 3.8) is 0 Å². The van der Waals surface area contributed by atoms with Crippen molar-refractivity contribution < 1.29 is 9.53 Å². The summed E-state index contributed by atoms with van der Waals surface area (Å²) in [4.78, 5) is 17.7. The predicted molar refractivity (Wildman–Crippen MR) is 134 cm³/mol. The van der Waals surface area contributed by atoms with Gasteiger partial charge in [-0.2, -0.15) is 10.4 Å². The Bertz CT molecular complexity index is 1310. The highest BCUT2D eigenvalue weighted by Gasteiger charge is 2.21. The minimum absolute atomic E-state index is 0.211. The fraction of sp³-hybridized carbons (Fsp3) is 0.185. The molecular formula is C27H26N6O2. The van der Waals surface area contributed by atoms with Gasteiger partial charge in [-0.3, -0.25) is 9.48 Å². The van der Waals surface area contributed by atoms with Crippen molar-refractivity contribution in [1.82, 2.24) is 20.1 Å². The largest absolute Gasteiger partial charge is 0.497 e. The molecule has 2 heterocycles. The molecule has 0 radical (unpaired) electrons. The van der Waals surface area contributed by atoms with Crippen molar-refractivity contribution in [2.75, 3.05) is 19.0 Å². The number of methoxy groups -OCH3 is 1. The van der Waals surface area contributed by atoms with Gasteiger partial charge in [0, 0.05) is 37.1 Å². The fourth-order valence-electron chi connectivity index (χ4n) is 3.67. The molecule has 0 unspecified atom stereocenters. The number of nitrogens with zero attached hydrogens (tertiary/aromatic N) is 4. The van der Waals surface area contributed by atoms with E-state index in [2.05, 4.69) is 26.8 Å². The lowest BCUT2D eigenvalue weighted by atomic mass is 10.0. The quantitative estimate of drug-likeness (QED) is 0.388. The number of anilines is 1. The first-order valence-electron chi connectivity index (χ1n) is 11.2. The van der Waals surface area contributed by atoms with E-state index in [1.165, 1.54) is 0 Å². The maximum atomic E-state index is 13.3. The number of aromatic nitrogens is 3. The second kappa shape index (κ2) is 11.1. The molecule has 0 bridgehead atoms. The van der Waals surface area contributed by atoms with Gasteiger partial charge in [-0.1, -0.05) is 24.3 Å². The Hall–Kier alpha value is -4.48. The van der Waals surface area contributed by atoms with Crippen molar-refractivity contribution >= 4 is 11.7 Å². The number of benzene rings is 2. The Labute approximate surface area is 204 Å². The first-order chi connectivity index (χ1) is 17.1. The van der Waals surface area contributed by atoms with E-state index in [4.69, 9.17) is 10.00 Å². The maximum Gasteiger partial charge on any atom is 0.247 e. The van der Waals surface area contributed by atoms with Gasteiger partial charge in [0.2, 0.25) is 5.91 Å². The highest BCUT2D eigenvalue weighted by atomic mass is 16.5. The van der Waals surface area contributed by atoms with E-state index in [1.807, 2.05) is 55.7 Å². The summed E-state index contributed by atoms with van der Waals surface area (Å²) in [6.07, 6.45) is 6.11. The molecule has 8 nitrogen and oxygen atoms in total. The highest BCUT2D eigenvalue weighted by Crippen LogP contribution is 2.21. The Morgan fingerprint density at radius 1 is 1.06 bits per heavy atom. The summed E-state index contributed by atoms with van der Waals surface area (Å²) >= 11 is 0. The molecule has 0 aliphatic heterocycles. The molecule has 0 saturated heterocycles. The summed E-state index contributed by atoms with van der Waals surface area (Å²) in [5.41, 5.74) is 4.40. The van der Waals surface area contributed by atoms with E-state index in [1.54, 1.807) is 42.4 Å². The summed E-state index contributed by atoms with van der Waals surface area (Å²) in [7, 11) is 3.47. The van der Waals surface area contributed by atoms with E-state index >= 15 is 0 Å². The Balaban J connectivity index is 1.46. The fourth-order valence-corrected chi connectivity index (χ4v) is 3.67. The van der Waals surface area contributed by atoms with Crippen LogP contribution >= 0.6 is 0 Å². The number of nitriles is 1. The number of pyridine rings is 1. The van der Waals surface area contributed by atoms with Gasteiger partial charge in [-0.15, -0.1) is 0 Å². The van der Waals surface area contributed by atoms with Crippen LogP contribution in [0.2, 0.25) is 0 Å². The van der Waals surface area contributed by atoms with Crippen molar-refractivity contribution in [2.45, 2.75) is 12.5 Å². The van der Waals surface area contributed by atoms with Crippen molar-refractivity contribution in [3.05, 3.63) is 95.9 Å². The first kappa shape index (κ1) is 23.7. The van der Waals surface area contributed by atoms with Crippen LogP contribution in [0.25, 0.3) is 11.1 Å². The van der Waals surface area contributed by atoms with Crippen LogP contribution in [-0.2, 0) is 18.3 Å². The summed E-state index contributed by atoms with van der Waals surface area (Å²) in [5, 5.41) is 19.4. The normalized spacial score (nSPS) is 11.5. The SMILES string of the molecule is COc1ccc([C@H](NCCc2ccc(C#N)cc2)C(=O)Nc2ccc(-c3cnn(C)c3)cn2)cc1. The zero-order valence-corrected chi connectivity index (χ0v) is 19.6. The van der Waals surface area contributed by atoms with Gasteiger partial charge >= 0.3 is 0 Å². The van der Waals surface area contributed by atoms with Gasteiger partial charge in [-0.25, -0.2) is 4.98 Å². The van der Waals surface area contributed by atoms with Crippen LogP contribution in [0.15, 0.2) is 79.3 Å². The smallest absolute Gasteiger partial charge is 0.247 e. The molecule has 176 valence electrons. The standard InChI is InChI=1S/C27H26N6O2/c1-33-18-23(17-31-33)22-9-12-25(30-16-22)32-27(34)26(21-7-10-24(35-2)11-8-21)29-14-13-19-3-5-20(15-28)6-4-19/h3-12,16-18,26,29H,13-14H2,1-2H3,(H,30,32,34)/t26-/m0/s1. The summed E-state index contributed by atoms with van der Waals surface area (Å²) in [6, 6.07) is 20.1. The third-order valence-electron chi connectivity index (χ3n) is 5.61. The molecule has 2 aromatic heterocycles. The molecular weight excluding hydrogens is 440 g/mol. The molecule has 0 aliphatic carbocycles. The zero-order chi connectivity index (χ0) is 24.6. The molecule has 0 aliphatic rings. The Morgan fingerprint density at radius 2 is 1.83 bits per heavy atom. The molecule has 35 heavy (non-hydrogen) atoms. The molecule has 0 saturated carbocycles. The monoisotopic (exact) mass is 466 g/mol. The average Bonchev–Trinajstić information content (AvgIpc) is 3.33. The van der Waals surface area contributed by atoms with Crippen LogP contribution in [-0.4, -0.2) is 34.3 Å². The molecule has 2 aromatic carbocycles. The molecule has 1 amide bonds. The lowest BCUT2D eigenvalue weighted by molar-refractivity contribution is -0.118. The molecule has 0 spiro atoms. The van der Waals surface area contributed by atoms with Crippen LogP contribution < -0.4 is 15.4 Å². The van der Waals surface area contributed by atoms with Crippen LogP contribution in [0.3, 0.4) is 0 Å². The number of carbonyl (C=O) groups is 1. The van der Waals surface area contributed by atoms with E-state index in [0.29, 0.717) is 24.3 Å². The summed E-state index contributed by atoms with van der Waals surface area (Å²) in [6.45, 7) is 0.573. The zero-order valence-electron chi connectivity index (χ0n) is 19.6. The van der Waals surface area contributed by atoms with Gasteiger partial charge in [-0.05, 0) is 53.9 Å². The van der Waals surface area contributed by atoms with Crippen LogP contribution in [0, 0.1) is 11.3 Å². The van der Waals surface area contributed by atoms with E-state index in [0.717, 1.165) is 28.0 Å². The molecule has 1 atom stereocenters. The van der Waals surface area contributed by atoms with E-state index in [9.17, 15) is 4.79 Å². The van der Waals surface area contributed by atoms with Gasteiger partial charge in [0.15, 0.2) is 0 Å². The minimum atomic E-state index is -0.584. The number of carbonyl (C=O) groups excluding carboxylic acids is 1. The predicted octanol–water partition coefficient (Wildman–Crippen LogP) is 3.87. The van der Waals surface area contributed by atoms with Crippen LogP contribution in [0.1, 0.15) is 22.7 Å². The minimum Gasteiger partial charge on any atom is -0.497 e. The molecule has 4 aromatic rings. The number of amides is 1. The second-order valence-corrected chi connectivity index (χ2v) is 8.04. The summed E-state index contributed by atoms with van der Waals surface area (Å²) in [5.74, 6) is 0.977. The van der Waals surface area contributed by atoms with Gasteiger partial charge < -0.3 is 15.4 Å². The van der Waals surface area contributed by atoms with Crippen LogP contribution in [0.5, 0.6) is 5.75 Å². The molecule has 0 fully saturated rings. The van der Waals surface area contributed by atoms with Gasteiger partial charge in [0.25, 0.3) is 0 Å². The number of nitrogens with one attached hydrogen (secondary N) is 2. The van der Waals surface area contributed by atoms with Crippen molar-refractivity contribution in [3.8, 4) is 22.9 Å². The number of ether oxygens (including phenoxy) is 1. The van der Waals surface area contributed by atoms with E-state index < -0.39 is 6.04 Å². The number of aryl methyl sites for hydroxylation is 1. The maximum absolute atomic E-state index is 13.3. The lowest BCUT2D eigenvalue weighted by Crippen LogP contribution is -2.34. The highest BCUT2D eigenvalue weighted by molar-refractivity contribution is 5.95. The van der Waals surface area contributed by atoms with Gasteiger partial charge in [0.1, 0.15) is 17.6 Å². The molecule has 4 rings (SSSR count). The first-order valence-corrected chi connectivity index (χ1v) is 11.2. The number of hydrogen-bond donors (Lipinski definition) is 2. The molecule has 2 N–H and O–H groups in total. The second-order valence-electron chi connectivity index (χ2n) is 8.04. The lowest BCUT2D eigenvalue weighted by Gasteiger charge is -2.19. The topological polar surface area (TPSA) is 105 Å².